The summed E-state index contributed by atoms with van der Waals surface area (Å²) >= 11 is 3.25. The van der Waals surface area contributed by atoms with Crippen LogP contribution in [0.5, 0.6) is 0 Å². The molecule has 3 N–H and O–H groups in total. The van der Waals surface area contributed by atoms with Gasteiger partial charge in [0.05, 0.1) is 18.6 Å². The van der Waals surface area contributed by atoms with Crippen molar-refractivity contribution in [1.29, 1.82) is 0 Å². The maximum Gasteiger partial charge on any atom is 0.223 e. The Morgan fingerprint density at radius 2 is 2.00 bits per heavy atom. The standard InChI is InChI=1S/C18H20BrFN2O2/c1-24-14(11-21)10-17(23)22-18(12-5-3-2-4-6-12)15-8-7-13(19)9-16(15)20/h2-9,14,18H,10-11,21H2,1H3,(H,22,23). The van der Waals surface area contributed by atoms with Gasteiger partial charge in [-0.3, -0.25) is 4.79 Å². The predicted molar refractivity (Wildman–Crippen MR) is 95.0 cm³/mol. The molecule has 2 unspecified atom stereocenters. The third kappa shape index (κ3) is 4.87. The van der Waals surface area contributed by atoms with Gasteiger partial charge in [0.2, 0.25) is 5.91 Å². The van der Waals surface area contributed by atoms with Gasteiger partial charge in [-0.05, 0) is 17.7 Å². The van der Waals surface area contributed by atoms with Crippen molar-refractivity contribution >= 4 is 21.8 Å². The Kier molecular flexibility index (Phi) is 6.90. The Morgan fingerprint density at radius 1 is 1.29 bits per heavy atom. The smallest absolute Gasteiger partial charge is 0.223 e. The number of carbonyl (C=O) groups is 1. The first-order valence-corrected chi connectivity index (χ1v) is 8.36. The summed E-state index contributed by atoms with van der Waals surface area (Å²) in [5.74, 6) is -0.635. The fourth-order valence-electron chi connectivity index (χ4n) is 2.41. The normalized spacial score (nSPS) is 13.3. The van der Waals surface area contributed by atoms with Gasteiger partial charge in [-0.2, -0.15) is 0 Å². The highest BCUT2D eigenvalue weighted by molar-refractivity contribution is 9.10. The lowest BCUT2D eigenvalue weighted by Gasteiger charge is -2.22. The summed E-state index contributed by atoms with van der Waals surface area (Å²) in [6, 6.07) is 13.5. The summed E-state index contributed by atoms with van der Waals surface area (Å²) in [4.78, 5) is 12.3. The number of ether oxygens (including phenoxy) is 1. The lowest BCUT2D eigenvalue weighted by molar-refractivity contribution is -0.123. The summed E-state index contributed by atoms with van der Waals surface area (Å²) in [5.41, 5.74) is 6.76. The van der Waals surface area contributed by atoms with Crippen LogP contribution in [0, 0.1) is 5.82 Å². The molecule has 0 saturated heterocycles. The van der Waals surface area contributed by atoms with Crippen LogP contribution in [-0.4, -0.2) is 25.7 Å². The van der Waals surface area contributed by atoms with Gasteiger partial charge >= 0.3 is 0 Å². The molecule has 128 valence electrons. The largest absolute Gasteiger partial charge is 0.380 e. The Hall–Kier alpha value is -1.76. The lowest BCUT2D eigenvalue weighted by atomic mass is 9.98. The van der Waals surface area contributed by atoms with Crippen LogP contribution in [0.1, 0.15) is 23.6 Å². The molecule has 0 fully saturated rings. The van der Waals surface area contributed by atoms with Crippen molar-refractivity contribution in [2.24, 2.45) is 5.73 Å². The van der Waals surface area contributed by atoms with Crippen molar-refractivity contribution in [3.63, 3.8) is 0 Å². The first kappa shape index (κ1) is 18.6. The molecule has 4 nitrogen and oxygen atoms in total. The van der Waals surface area contributed by atoms with E-state index in [2.05, 4.69) is 21.2 Å². The zero-order chi connectivity index (χ0) is 17.5. The average molecular weight is 395 g/mol. The number of hydrogen-bond donors (Lipinski definition) is 2. The van der Waals surface area contributed by atoms with E-state index in [1.807, 2.05) is 30.3 Å². The van der Waals surface area contributed by atoms with E-state index < -0.39 is 6.04 Å². The van der Waals surface area contributed by atoms with E-state index in [0.717, 1.165) is 5.56 Å². The molecule has 2 aromatic rings. The Balaban J connectivity index is 2.29. The lowest BCUT2D eigenvalue weighted by Crippen LogP contribution is -2.35. The third-order valence-corrected chi connectivity index (χ3v) is 4.21. The zero-order valence-electron chi connectivity index (χ0n) is 13.3. The molecule has 2 aromatic carbocycles. The summed E-state index contributed by atoms with van der Waals surface area (Å²) < 4.78 is 20.2. The van der Waals surface area contributed by atoms with E-state index in [-0.39, 0.29) is 30.8 Å². The Morgan fingerprint density at radius 3 is 2.58 bits per heavy atom. The minimum absolute atomic E-state index is 0.120. The molecule has 2 rings (SSSR count). The van der Waals surface area contributed by atoms with Crippen LogP contribution < -0.4 is 11.1 Å². The molecule has 0 aliphatic heterocycles. The number of methoxy groups -OCH3 is 1. The summed E-state index contributed by atoms with van der Waals surface area (Å²) in [6.07, 6.45) is -0.245. The summed E-state index contributed by atoms with van der Waals surface area (Å²) in [7, 11) is 1.51. The Bertz CT molecular complexity index is 678. The van der Waals surface area contributed by atoms with Crippen LogP contribution in [-0.2, 0) is 9.53 Å². The molecule has 0 spiro atoms. The molecule has 0 aliphatic carbocycles. The number of halogens is 2. The van der Waals surface area contributed by atoms with Gasteiger partial charge in [0.1, 0.15) is 5.82 Å². The monoisotopic (exact) mass is 394 g/mol. The molecule has 1 amide bonds. The Labute approximate surface area is 149 Å². The summed E-state index contributed by atoms with van der Waals surface area (Å²) in [5, 5.41) is 2.88. The highest BCUT2D eigenvalue weighted by Crippen LogP contribution is 2.26. The number of benzene rings is 2. The number of nitrogens with two attached hydrogens (primary N) is 1. The fraction of sp³-hybridized carbons (Fsp3) is 0.278. The van der Waals surface area contributed by atoms with Crippen LogP contribution in [0.25, 0.3) is 0 Å². The van der Waals surface area contributed by atoms with E-state index in [9.17, 15) is 9.18 Å². The van der Waals surface area contributed by atoms with Crippen LogP contribution in [0.15, 0.2) is 53.0 Å². The average Bonchev–Trinajstić information content (AvgIpc) is 2.59. The number of nitrogens with one attached hydrogen (secondary N) is 1. The first-order valence-electron chi connectivity index (χ1n) is 7.57. The topological polar surface area (TPSA) is 64.3 Å². The molecule has 0 aliphatic rings. The zero-order valence-corrected chi connectivity index (χ0v) is 14.9. The number of carbonyl (C=O) groups excluding carboxylic acids is 1. The molecular weight excluding hydrogens is 375 g/mol. The molecule has 0 radical (unpaired) electrons. The van der Waals surface area contributed by atoms with Crippen LogP contribution in [0.4, 0.5) is 4.39 Å². The summed E-state index contributed by atoms with van der Waals surface area (Å²) in [6.45, 7) is 0.243. The second-order valence-corrected chi connectivity index (χ2v) is 6.29. The van der Waals surface area contributed by atoms with E-state index >= 15 is 0 Å². The molecule has 0 bridgehead atoms. The molecule has 6 heteroatoms. The predicted octanol–water partition coefficient (Wildman–Crippen LogP) is 3.16. The van der Waals surface area contributed by atoms with Crippen molar-refractivity contribution in [3.8, 4) is 0 Å². The highest BCUT2D eigenvalue weighted by Gasteiger charge is 2.21. The van der Waals surface area contributed by atoms with E-state index in [4.69, 9.17) is 10.5 Å². The van der Waals surface area contributed by atoms with Crippen molar-refractivity contribution in [2.75, 3.05) is 13.7 Å². The van der Waals surface area contributed by atoms with Crippen LogP contribution >= 0.6 is 15.9 Å². The first-order chi connectivity index (χ1) is 11.5. The molecule has 0 heterocycles. The highest BCUT2D eigenvalue weighted by atomic mass is 79.9. The van der Waals surface area contributed by atoms with Crippen molar-refractivity contribution < 1.29 is 13.9 Å². The van der Waals surface area contributed by atoms with Crippen LogP contribution in [0.3, 0.4) is 0 Å². The molecule has 0 aromatic heterocycles. The minimum atomic E-state index is -0.581. The minimum Gasteiger partial charge on any atom is -0.380 e. The quantitative estimate of drug-likeness (QED) is 0.757. The second-order valence-electron chi connectivity index (χ2n) is 5.37. The van der Waals surface area contributed by atoms with Gasteiger partial charge in [0, 0.05) is 23.7 Å². The van der Waals surface area contributed by atoms with Crippen LogP contribution in [0.2, 0.25) is 0 Å². The van der Waals surface area contributed by atoms with Gasteiger partial charge in [-0.25, -0.2) is 4.39 Å². The number of rotatable bonds is 7. The molecular formula is C18H20BrFN2O2. The van der Waals surface area contributed by atoms with E-state index in [1.165, 1.54) is 13.2 Å². The third-order valence-electron chi connectivity index (χ3n) is 3.72. The maximum absolute atomic E-state index is 14.4. The molecule has 24 heavy (non-hydrogen) atoms. The molecule has 2 atom stereocenters. The van der Waals surface area contributed by atoms with Crippen molar-refractivity contribution in [1.82, 2.24) is 5.32 Å². The number of hydrogen-bond acceptors (Lipinski definition) is 3. The van der Waals surface area contributed by atoms with E-state index in [0.29, 0.717) is 10.0 Å². The van der Waals surface area contributed by atoms with E-state index in [1.54, 1.807) is 12.1 Å². The van der Waals surface area contributed by atoms with Gasteiger partial charge in [-0.15, -0.1) is 0 Å². The second kappa shape index (κ2) is 8.92. The SMILES string of the molecule is COC(CN)CC(=O)NC(c1ccccc1)c1ccc(Br)cc1F. The van der Waals surface area contributed by atoms with Gasteiger partial charge < -0.3 is 15.8 Å². The fourth-order valence-corrected chi connectivity index (χ4v) is 2.74. The van der Waals surface area contributed by atoms with Gasteiger partial charge in [0.15, 0.2) is 0 Å². The van der Waals surface area contributed by atoms with Crippen molar-refractivity contribution in [2.45, 2.75) is 18.6 Å². The number of amides is 1. The van der Waals surface area contributed by atoms with Gasteiger partial charge in [-0.1, -0.05) is 52.3 Å². The van der Waals surface area contributed by atoms with Gasteiger partial charge in [0.25, 0.3) is 0 Å². The maximum atomic E-state index is 14.4. The van der Waals surface area contributed by atoms with Crippen molar-refractivity contribution in [3.05, 3.63) is 69.9 Å². The molecule has 0 saturated carbocycles.